The van der Waals surface area contributed by atoms with E-state index < -0.39 is 0 Å². The SMILES string of the molecule is COCCNC(=O)C(C)NCCCN1CCCCC1C. The Balaban J connectivity index is 2.06. The summed E-state index contributed by atoms with van der Waals surface area (Å²) in [7, 11) is 1.63. The Hall–Kier alpha value is -0.650. The molecular weight excluding hydrogens is 254 g/mol. The molecule has 1 rings (SSSR count). The zero-order valence-corrected chi connectivity index (χ0v) is 13.3. The second-order valence-corrected chi connectivity index (χ2v) is 5.69. The lowest BCUT2D eigenvalue weighted by molar-refractivity contribution is -0.122. The molecule has 0 bridgehead atoms. The molecular formula is C15H31N3O2. The van der Waals surface area contributed by atoms with E-state index in [0.717, 1.165) is 25.6 Å². The van der Waals surface area contributed by atoms with Crippen molar-refractivity contribution in [2.24, 2.45) is 0 Å². The van der Waals surface area contributed by atoms with Crippen molar-refractivity contribution in [3.63, 3.8) is 0 Å². The molecule has 1 fully saturated rings. The minimum absolute atomic E-state index is 0.0494. The van der Waals surface area contributed by atoms with Gasteiger partial charge in [0.25, 0.3) is 0 Å². The number of rotatable bonds is 9. The molecule has 1 saturated heterocycles. The average molecular weight is 285 g/mol. The largest absolute Gasteiger partial charge is 0.383 e. The van der Waals surface area contributed by atoms with Crippen LogP contribution in [0.25, 0.3) is 0 Å². The maximum absolute atomic E-state index is 11.7. The molecule has 20 heavy (non-hydrogen) atoms. The number of hydrogen-bond donors (Lipinski definition) is 2. The third-order valence-corrected chi connectivity index (χ3v) is 4.01. The van der Waals surface area contributed by atoms with Gasteiger partial charge in [-0.1, -0.05) is 6.42 Å². The number of carbonyl (C=O) groups excluding carboxylic acids is 1. The van der Waals surface area contributed by atoms with E-state index >= 15 is 0 Å². The Bertz CT molecular complexity index is 274. The molecule has 1 amide bonds. The number of piperidine rings is 1. The predicted octanol–water partition coefficient (Wildman–Crippen LogP) is 0.992. The zero-order valence-electron chi connectivity index (χ0n) is 13.3. The van der Waals surface area contributed by atoms with E-state index in [1.807, 2.05) is 6.92 Å². The van der Waals surface area contributed by atoms with Gasteiger partial charge in [0.05, 0.1) is 12.6 Å². The Morgan fingerprint density at radius 1 is 1.40 bits per heavy atom. The normalized spacial score (nSPS) is 21.6. The highest BCUT2D eigenvalue weighted by atomic mass is 16.5. The molecule has 0 aromatic rings. The Morgan fingerprint density at radius 2 is 2.20 bits per heavy atom. The zero-order chi connectivity index (χ0) is 14.8. The van der Waals surface area contributed by atoms with Crippen molar-refractivity contribution in [3.05, 3.63) is 0 Å². The molecule has 118 valence electrons. The van der Waals surface area contributed by atoms with E-state index in [1.54, 1.807) is 7.11 Å². The Labute approximate surface area is 123 Å². The van der Waals surface area contributed by atoms with Gasteiger partial charge < -0.3 is 20.3 Å². The van der Waals surface area contributed by atoms with Gasteiger partial charge in [-0.25, -0.2) is 0 Å². The van der Waals surface area contributed by atoms with Gasteiger partial charge in [0.1, 0.15) is 0 Å². The first-order valence-electron chi connectivity index (χ1n) is 7.89. The fourth-order valence-corrected chi connectivity index (χ4v) is 2.61. The summed E-state index contributed by atoms with van der Waals surface area (Å²) in [5, 5.41) is 6.13. The molecule has 0 aliphatic carbocycles. The van der Waals surface area contributed by atoms with Gasteiger partial charge in [-0.15, -0.1) is 0 Å². The molecule has 1 aliphatic rings. The molecule has 1 heterocycles. The van der Waals surface area contributed by atoms with Crippen molar-refractivity contribution in [3.8, 4) is 0 Å². The maximum Gasteiger partial charge on any atom is 0.236 e. The van der Waals surface area contributed by atoms with Crippen LogP contribution in [0.4, 0.5) is 0 Å². The number of nitrogens with zero attached hydrogens (tertiary/aromatic N) is 1. The van der Waals surface area contributed by atoms with E-state index in [1.165, 1.54) is 25.8 Å². The first-order valence-corrected chi connectivity index (χ1v) is 7.89. The van der Waals surface area contributed by atoms with Gasteiger partial charge in [0.15, 0.2) is 0 Å². The molecule has 0 saturated carbocycles. The smallest absolute Gasteiger partial charge is 0.236 e. The highest BCUT2D eigenvalue weighted by Crippen LogP contribution is 2.15. The molecule has 0 aromatic carbocycles. The van der Waals surface area contributed by atoms with Crippen LogP contribution in [-0.4, -0.2) is 62.8 Å². The van der Waals surface area contributed by atoms with Gasteiger partial charge in [-0.05, 0) is 52.7 Å². The van der Waals surface area contributed by atoms with Crippen molar-refractivity contribution >= 4 is 5.91 Å². The highest BCUT2D eigenvalue weighted by molar-refractivity contribution is 5.81. The monoisotopic (exact) mass is 285 g/mol. The van der Waals surface area contributed by atoms with Crippen LogP contribution < -0.4 is 10.6 Å². The van der Waals surface area contributed by atoms with E-state index in [-0.39, 0.29) is 11.9 Å². The minimum Gasteiger partial charge on any atom is -0.383 e. The third kappa shape index (κ3) is 6.68. The quantitative estimate of drug-likeness (QED) is 0.620. The van der Waals surface area contributed by atoms with Crippen LogP contribution in [0.1, 0.15) is 39.5 Å². The number of hydrogen-bond acceptors (Lipinski definition) is 4. The summed E-state index contributed by atoms with van der Waals surface area (Å²) in [4.78, 5) is 14.3. The van der Waals surface area contributed by atoms with Gasteiger partial charge >= 0.3 is 0 Å². The van der Waals surface area contributed by atoms with Crippen molar-refractivity contribution in [1.29, 1.82) is 0 Å². The molecule has 0 spiro atoms. The number of nitrogens with one attached hydrogen (secondary N) is 2. The van der Waals surface area contributed by atoms with Crippen molar-refractivity contribution in [2.45, 2.75) is 51.6 Å². The second kappa shape index (κ2) is 10.1. The van der Waals surface area contributed by atoms with E-state index in [0.29, 0.717) is 13.2 Å². The van der Waals surface area contributed by atoms with Crippen LogP contribution in [0.5, 0.6) is 0 Å². The van der Waals surface area contributed by atoms with Crippen LogP contribution in [0, 0.1) is 0 Å². The Morgan fingerprint density at radius 3 is 2.90 bits per heavy atom. The molecule has 1 aliphatic heterocycles. The van der Waals surface area contributed by atoms with Crippen molar-refractivity contribution < 1.29 is 9.53 Å². The third-order valence-electron chi connectivity index (χ3n) is 4.01. The number of ether oxygens (including phenoxy) is 1. The summed E-state index contributed by atoms with van der Waals surface area (Å²) >= 11 is 0. The van der Waals surface area contributed by atoms with Gasteiger partial charge in [0, 0.05) is 19.7 Å². The molecule has 5 nitrogen and oxygen atoms in total. The van der Waals surface area contributed by atoms with Crippen LogP contribution >= 0.6 is 0 Å². The fraction of sp³-hybridized carbons (Fsp3) is 0.933. The Kier molecular flexibility index (Phi) is 8.82. The maximum atomic E-state index is 11.7. The van der Waals surface area contributed by atoms with E-state index in [2.05, 4.69) is 22.5 Å². The van der Waals surface area contributed by atoms with Crippen LogP contribution in [-0.2, 0) is 9.53 Å². The predicted molar refractivity (Wildman–Crippen MR) is 81.9 cm³/mol. The summed E-state index contributed by atoms with van der Waals surface area (Å²) in [6.45, 7) is 8.62. The van der Waals surface area contributed by atoms with Gasteiger partial charge in [-0.2, -0.15) is 0 Å². The van der Waals surface area contributed by atoms with Gasteiger partial charge in [-0.3, -0.25) is 4.79 Å². The molecule has 5 heteroatoms. The number of amides is 1. The van der Waals surface area contributed by atoms with Crippen LogP contribution in [0.15, 0.2) is 0 Å². The number of methoxy groups -OCH3 is 1. The van der Waals surface area contributed by atoms with Gasteiger partial charge in [0.2, 0.25) is 5.91 Å². The summed E-state index contributed by atoms with van der Waals surface area (Å²) in [6, 6.07) is 0.587. The molecule has 0 aromatic heterocycles. The average Bonchev–Trinajstić information content (AvgIpc) is 2.45. The lowest BCUT2D eigenvalue weighted by atomic mass is 10.0. The van der Waals surface area contributed by atoms with Crippen LogP contribution in [0.2, 0.25) is 0 Å². The summed E-state index contributed by atoms with van der Waals surface area (Å²) in [5.41, 5.74) is 0. The van der Waals surface area contributed by atoms with E-state index in [9.17, 15) is 4.79 Å². The summed E-state index contributed by atoms with van der Waals surface area (Å²) < 4.78 is 4.91. The molecule has 2 atom stereocenters. The number of carbonyl (C=O) groups is 1. The fourth-order valence-electron chi connectivity index (χ4n) is 2.61. The van der Waals surface area contributed by atoms with Crippen molar-refractivity contribution in [1.82, 2.24) is 15.5 Å². The summed E-state index contributed by atoms with van der Waals surface area (Å²) in [5.74, 6) is 0.0494. The lowest BCUT2D eigenvalue weighted by Gasteiger charge is -2.33. The molecule has 0 radical (unpaired) electrons. The highest BCUT2D eigenvalue weighted by Gasteiger charge is 2.17. The second-order valence-electron chi connectivity index (χ2n) is 5.69. The number of likely N-dealkylation sites (tertiary alicyclic amines) is 1. The topological polar surface area (TPSA) is 53.6 Å². The van der Waals surface area contributed by atoms with Crippen LogP contribution in [0.3, 0.4) is 0 Å². The molecule has 2 unspecified atom stereocenters. The summed E-state index contributed by atoms with van der Waals surface area (Å²) in [6.07, 6.45) is 5.12. The standard InChI is InChI=1S/C15H31N3O2/c1-13-7-4-5-10-18(13)11-6-8-16-14(2)15(19)17-9-12-20-3/h13-14,16H,4-12H2,1-3H3,(H,17,19). The minimum atomic E-state index is -0.134. The first-order chi connectivity index (χ1) is 9.65. The first kappa shape index (κ1) is 17.4. The van der Waals surface area contributed by atoms with E-state index in [4.69, 9.17) is 4.74 Å². The molecule has 2 N–H and O–H groups in total. The van der Waals surface area contributed by atoms with Crippen molar-refractivity contribution in [2.75, 3.05) is 39.9 Å². The lowest BCUT2D eigenvalue weighted by Crippen LogP contribution is -2.44.